The van der Waals surface area contributed by atoms with Crippen LogP contribution in [0.5, 0.6) is 5.75 Å². The first-order valence-corrected chi connectivity index (χ1v) is 6.78. The molecule has 0 bridgehead atoms. The number of carbonyl (C=O) groups is 1. The van der Waals surface area contributed by atoms with Crippen LogP contribution in [0, 0.1) is 5.92 Å². The molecule has 1 aliphatic heterocycles. The average molecular weight is 262 g/mol. The van der Waals surface area contributed by atoms with E-state index in [4.69, 9.17) is 14.6 Å². The second-order valence-corrected chi connectivity index (χ2v) is 5.39. The largest absolute Gasteiger partial charge is 0.486 e. The van der Waals surface area contributed by atoms with Gasteiger partial charge in [-0.25, -0.2) is 0 Å². The van der Waals surface area contributed by atoms with E-state index in [0.717, 1.165) is 24.2 Å². The Balaban J connectivity index is 1.73. The summed E-state index contributed by atoms with van der Waals surface area (Å²) in [5.41, 5.74) is 1.09. The fourth-order valence-corrected chi connectivity index (χ4v) is 2.54. The molecule has 1 heterocycles. The molecule has 0 amide bonds. The molecule has 102 valence electrons. The molecule has 3 rings (SSSR count). The van der Waals surface area contributed by atoms with Crippen molar-refractivity contribution in [3.05, 3.63) is 29.8 Å². The van der Waals surface area contributed by atoms with Gasteiger partial charge in [0.2, 0.25) is 0 Å². The van der Waals surface area contributed by atoms with Gasteiger partial charge in [-0.15, -0.1) is 0 Å². The molecule has 0 spiro atoms. The first kappa shape index (κ1) is 12.5. The van der Waals surface area contributed by atoms with Crippen molar-refractivity contribution in [1.29, 1.82) is 0 Å². The van der Waals surface area contributed by atoms with Crippen LogP contribution in [0.1, 0.15) is 30.7 Å². The van der Waals surface area contributed by atoms with E-state index in [1.807, 2.05) is 24.3 Å². The molecule has 2 aliphatic rings. The van der Waals surface area contributed by atoms with E-state index in [2.05, 4.69) is 0 Å². The Bertz CT molecular complexity index is 463. The van der Waals surface area contributed by atoms with Gasteiger partial charge in [-0.3, -0.25) is 4.79 Å². The molecule has 0 aromatic heterocycles. The van der Waals surface area contributed by atoms with Gasteiger partial charge in [0.1, 0.15) is 11.9 Å². The summed E-state index contributed by atoms with van der Waals surface area (Å²) in [6.45, 7) is 1.29. The first-order valence-electron chi connectivity index (χ1n) is 6.78. The number of benzene rings is 1. The number of aliphatic carboxylic acids is 1. The molecule has 1 N–H and O–H groups in total. The predicted octanol–water partition coefficient (Wildman–Crippen LogP) is 2.43. The van der Waals surface area contributed by atoms with E-state index < -0.39 is 5.97 Å². The highest BCUT2D eigenvalue weighted by Crippen LogP contribution is 2.45. The molecule has 19 heavy (non-hydrogen) atoms. The van der Waals surface area contributed by atoms with Crippen molar-refractivity contribution in [1.82, 2.24) is 0 Å². The molecule has 0 radical (unpaired) electrons. The lowest BCUT2D eigenvalue weighted by Crippen LogP contribution is -2.38. The van der Waals surface area contributed by atoms with E-state index in [1.165, 1.54) is 0 Å². The second kappa shape index (κ2) is 5.21. The van der Waals surface area contributed by atoms with Gasteiger partial charge in [0, 0.05) is 0 Å². The average Bonchev–Trinajstić information content (AvgIpc) is 3.15. The number of ether oxygens (including phenoxy) is 2. The summed E-state index contributed by atoms with van der Waals surface area (Å²) in [6, 6.07) is 7.87. The van der Waals surface area contributed by atoms with Crippen LogP contribution in [0.4, 0.5) is 0 Å². The fourth-order valence-electron chi connectivity index (χ4n) is 2.54. The van der Waals surface area contributed by atoms with Crippen LogP contribution in [0.3, 0.4) is 0 Å². The van der Waals surface area contributed by atoms with E-state index in [1.54, 1.807) is 0 Å². The van der Waals surface area contributed by atoms with Gasteiger partial charge >= 0.3 is 5.97 Å². The van der Waals surface area contributed by atoms with Crippen molar-refractivity contribution in [3.63, 3.8) is 0 Å². The van der Waals surface area contributed by atoms with Gasteiger partial charge in [-0.2, -0.15) is 0 Å². The molecule has 4 nitrogen and oxygen atoms in total. The molecule has 1 aromatic carbocycles. The van der Waals surface area contributed by atoms with Gasteiger partial charge in [-0.05, 0) is 42.4 Å². The zero-order chi connectivity index (χ0) is 13.2. The first-order chi connectivity index (χ1) is 9.22. The molecule has 1 saturated heterocycles. The number of carboxylic acid groups (broad SMARTS) is 1. The van der Waals surface area contributed by atoms with E-state index in [0.29, 0.717) is 19.1 Å². The highest BCUT2D eigenvalue weighted by atomic mass is 16.6. The van der Waals surface area contributed by atoms with Crippen molar-refractivity contribution in [3.8, 4) is 5.75 Å². The molecule has 1 aliphatic carbocycles. The number of hydrogen-bond donors (Lipinski definition) is 1. The number of hydrogen-bond acceptors (Lipinski definition) is 3. The van der Waals surface area contributed by atoms with E-state index >= 15 is 0 Å². The van der Waals surface area contributed by atoms with Crippen molar-refractivity contribution in [2.45, 2.75) is 31.3 Å². The summed E-state index contributed by atoms with van der Waals surface area (Å²) in [7, 11) is 0. The van der Waals surface area contributed by atoms with Crippen LogP contribution < -0.4 is 4.74 Å². The van der Waals surface area contributed by atoms with Crippen molar-refractivity contribution in [2.24, 2.45) is 5.92 Å². The molecule has 2 fully saturated rings. The summed E-state index contributed by atoms with van der Waals surface area (Å²) in [4.78, 5) is 11.0. The third kappa shape index (κ3) is 3.07. The zero-order valence-electron chi connectivity index (χ0n) is 10.7. The van der Waals surface area contributed by atoms with Gasteiger partial charge in [-0.1, -0.05) is 12.1 Å². The quantitative estimate of drug-likeness (QED) is 0.855. The minimum absolute atomic E-state index is 0.124. The Morgan fingerprint density at radius 1 is 1.42 bits per heavy atom. The van der Waals surface area contributed by atoms with E-state index in [-0.39, 0.29) is 18.4 Å². The lowest BCUT2D eigenvalue weighted by molar-refractivity contribution is -0.137. The van der Waals surface area contributed by atoms with Gasteiger partial charge in [0.05, 0.1) is 19.6 Å². The summed E-state index contributed by atoms with van der Waals surface area (Å²) in [6.07, 6.45) is 2.63. The maximum absolute atomic E-state index is 11.0. The van der Waals surface area contributed by atoms with Crippen LogP contribution in [-0.4, -0.2) is 30.4 Å². The van der Waals surface area contributed by atoms with Crippen molar-refractivity contribution in [2.75, 3.05) is 13.2 Å². The van der Waals surface area contributed by atoms with Crippen molar-refractivity contribution >= 4 is 5.97 Å². The smallest absolute Gasteiger partial charge is 0.303 e. The number of rotatable bonds is 6. The van der Waals surface area contributed by atoms with Gasteiger partial charge in [0.15, 0.2) is 0 Å². The molecule has 1 aromatic rings. The van der Waals surface area contributed by atoms with Crippen molar-refractivity contribution < 1.29 is 19.4 Å². The van der Waals surface area contributed by atoms with Crippen LogP contribution >= 0.6 is 0 Å². The fraction of sp³-hybridized carbons (Fsp3) is 0.533. The van der Waals surface area contributed by atoms with Gasteiger partial charge < -0.3 is 14.6 Å². The van der Waals surface area contributed by atoms with Crippen LogP contribution in [0.15, 0.2) is 24.3 Å². The van der Waals surface area contributed by atoms with Crippen LogP contribution in [0.2, 0.25) is 0 Å². The lowest BCUT2D eigenvalue weighted by atomic mass is 9.91. The Morgan fingerprint density at radius 2 is 2.21 bits per heavy atom. The summed E-state index contributed by atoms with van der Waals surface area (Å²) in [5.74, 6) is 0.745. The zero-order valence-corrected chi connectivity index (χ0v) is 10.7. The highest BCUT2D eigenvalue weighted by Gasteiger charge is 2.34. The minimum atomic E-state index is -0.726. The molecular weight excluding hydrogens is 244 g/mol. The standard InChI is InChI=1S/C15H18O4/c16-15(17)7-14(10-4-5-10)11-2-1-3-12(6-11)19-13-8-18-9-13/h1-3,6,10,13-14H,4-5,7-9H2,(H,16,17). The van der Waals surface area contributed by atoms with Crippen LogP contribution in [-0.2, 0) is 9.53 Å². The minimum Gasteiger partial charge on any atom is -0.486 e. The lowest BCUT2D eigenvalue weighted by Gasteiger charge is -2.27. The SMILES string of the molecule is O=C(O)CC(c1cccc(OC2COC2)c1)C1CC1. The third-order valence-corrected chi connectivity index (χ3v) is 3.78. The second-order valence-electron chi connectivity index (χ2n) is 5.39. The topological polar surface area (TPSA) is 55.8 Å². The highest BCUT2D eigenvalue weighted by molar-refractivity contribution is 5.68. The Morgan fingerprint density at radius 3 is 2.79 bits per heavy atom. The van der Waals surface area contributed by atoms with E-state index in [9.17, 15) is 4.79 Å². The predicted molar refractivity (Wildman–Crippen MR) is 69.4 cm³/mol. The summed E-state index contributed by atoms with van der Waals surface area (Å²) in [5, 5.41) is 9.04. The molecular formula is C15H18O4. The molecule has 4 heteroatoms. The van der Waals surface area contributed by atoms with Crippen LogP contribution in [0.25, 0.3) is 0 Å². The Labute approximate surface area is 112 Å². The summed E-state index contributed by atoms with van der Waals surface area (Å²) < 4.78 is 10.9. The number of carboxylic acids is 1. The Kier molecular flexibility index (Phi) is 3.42. The molecule has 1 unspecified atom stereocenters. The normalized spacial score (nSPS) is 20.6. The monoisotopic (exact) mass is 262 g/mol. The molecule has 1 saturated carbocycles. The maximum atomic E-state index is 11.0. The maximum Gasteiger partial charge on any atom is 0.303 e. The molecule has 1 atom stereocenters. The Hall–Kier alpha value is -1.55. The summed E-state index contributed by atoms with van der Waals surface area (Å²) >= 11 is 0. The van der Waals surface area contributed by atoms with Gasteiger partial charge in [0.25, 0.3) is 0 Å². The third-order valence-electron chi connectivity index (χ3n) is 3.78.